The molecular formula is C14H17BrN2. The van der Waals surface area contributed by atoms with Crippen LogP contribution in [0, 0.1) is 5.92 Å². The molecule has 0 radical (unpaired) electrons. The first-order valence-corrected chi connectivity index (χ1v) is 6.74. The first-order valence-electron chi connectivity index (χ1n) is 5.95. The molecule has 1 aromatic carbocycles. The number of rotatable bonds is 4. The lowest BCUT2D eigenvalue weighted by Crippen LogP contribution is -1.94. The van der Waals surface area contributed by atoms with E-state index in [0.29, 0.717) is 0 Å². The minimum absolute atomic E-state index is 0.719. The molecule has 0 aliphatic carbocycles. The maximum absolute atomic E-state index is 4.16. The van der Waals surface area contributed by atoms with Crippen LogP contribution >= 0.6 is 15.9 Å². The number of H-pyrrole nitrogens is 1. The predicted octanol–water partition coefficient (Wildman–Crippen LogP) is 4.43. The average molecular weight is 293 g/mol. The summed E-state index contributed by atoms with van der Waals surface area (Å²) in [5, 5.41) is 7.27. The Bertz CT molecular complexity index is 471. The zero-order valence-corrected chi connectivity index (χ0v) is 11.8. The fourth-order valence-electron chi connectivity index (χ4n) is 1.81. The predicted molar refractivity (Wildman–Crippen MR) is 74.9 cm³/mol. The molecule has 1 heterocycles. The van der Waals surface area contributed by atoms with Gasteiger partial charge in [0.05, 0.1) is 6.20 Å². The number of hydrogen-bond donors (Lipinski definition) is 1. The fourth-order valence-corrected chi connectivity index (χ4v) is 2.08. The lowest BCUT2D eigenvalue weighted by Gasteiger charge is -2.05. The van der Waals surface area contributed by atoms with Crippen molar-refractivity contribution in [3.63, 3.8) is 0 Å². The minimum Gasteiger partial charge on any atom is -0.282 e. The van der Waals surface area contributed by atoms with Crippen molar-refractivity contribution < 1.29 is 0 Å². The molecule has 90 valence electrons. The molecule has 2 nitrogen and oxygen atoms in total. The van der Waals surface area contributed by atoms with Crippen LogP contribution in [0.1, 0.15) is 26.0 Å². The van der Waals surface area contributed by atoms with E-state index in [-0.39, 0.29) is 0 Å². The second-order valence-corrected chi connectivity index (χ2v) is 5.62. The van der Waals surface area contributed by atoms with Gasteiger partial charge in [-0.3, -0.25) is 5.10 Å². The number of aromatic nitrogens is 2. The maximum atomic E-state index is 4.16. The quantitative estimate of drug-likeness (QED) is 0.887. The van der Waals surface area contributed by atoms with Crippen LogP contribution < -0.4 is 0 Å². The van der Waals surface area contributed by atoms with Gasteiger partial charge >= 0.3 is 0 Å². The van der Waals surface area contributed by atoms with Gasteiger partial charge in [0.25, 0.3) is 0 Å². The number of benzene rings is 1. The number of halogens is 1. The summed E-state index contributed by atoms with van der Waals surface area (Å²) in [6.07, 6.45) is 4.16. The smallest absolute Gasteiger partial charge is 0.0568 e. The molecule has 0 aliphatic rings. The van der Waals surface area contributed by atoms with Crippen LogP contribution in [0.15, 0.2) is 34.9 Å². The van der Waals surface area contributed by atoms with Crippen molar-refractivity contribution in [3.8, 4) is 11.1 Å². The van der Waals surface area contributed by atoms with E-state index in [1.54, 1.807) is 0 Å². The Kier molecular flexibility index (Phi) is 4.00. The van der Waals surface area contributed by atoms with Crippen LogP contribution in [0.25, 0.3) is 11.1 Å². The van der Waals surface area contributed by atoms with Gasteiger partial charge in [-0.2, -0.15) is 5.10 Å². The van der Waals surface area contributed by atoms with E-state index in [1.165, 1.54) is 23.2 Å². The second-order valence-electron chi connectivity index (χ2n) is 4.70. The van der Waals surface area contributed by atoms with Crippen LogP contribution in [0.3, 0.4) is 0 Å². The SMILES string of the molecule is CC(C)CCc1[nH]ncc1-c1ccc(Br)cc1. The topological polar surface area (TPSA) is 28.7 Å². The van der Waals surface area contributed by atoms with Gasteiger partial charge in [0.15, 0.2) is 0 Å². The molecule has 0 unspecified atom stereocenters. The van der Waals surface area contributed by atoms with Gasteiger partial charge in [0.2, 0.25) is 0 Å². The Morgan fingerprint density at radius 1 is 1.24 bits per heavy atom. The van der Waals surface area contributed by atoms with E-state index in [0.717, 1.165) is 16.8 Å². The molecule has 0 bridgehead atoms. The van der Waals surface area contributed by atoms with E-state index in [4.69, 9.17) is 0 Å². The molecule has 2 aromatic rings. The van der Waals surface area contributed by atoms with Crippen molar-refractivity contribution in [2.24, 2.45) is 5.92 Å². The number of aromatic amines is 1. The summed E-state index contributed by atoms with van der Waals surface area (Å²) in [5.41, 5.74) is 3.68. The van der Waals surface area contributed by atoms with Crippen LogP contribution in [-0.2, 0) is 6.42 Å². The van der Waals surface area contributed by atoms with Crippen molar-refractivity contribution in [3.05, 3.63) is 40.6 Å². The summed E-state index contributed by atoms with van der Waals surface area (Å²) in [5.74, 6) is 0.719. The van der Waals surface area contributed by atoms with Crippen molar-refractivity contribution in [2.45, 2.75) is 26.7 Å². The van der Waals surface area contributed by atoms with E-state index < -0.39 is 0 Å². The molecule has 17 heavy (non-hydrogen) atoms. The normalized spacial score (nSPS) is 11.1. The van der Waals surface area contributed by atoms with Gasteiger partial charge in [-0.25, -0.2) is 0 Å². The number of hydrogen-bond acceptors (Lipinski definition) is 1. The number of nitrogens with zero attached hydrogens (tertiary/aromatic N) is 1. The van der Waals surface area contributed by atoms with Crippen LogP contribution in [0.4, 0.5) is 0 Å². The van der Waals surface area contributed by atoms with E-state index in [2.05, 4.69) is 64.2 Å². The van der Waals surface area contributed by atoms with Gasteiger partial charge in [-0.05, 0) is 36.5 Å². The Morgan fingerprint density at radius 2 is 1.94 bits per heavy atom. The summed E-state index contributed by atoms with van der Waals surface area (Å²) in [6.45, 7) is 4.49. The van der Waals surface area contributed by atoms with E-state index >= 15 is 0 Å². The van der Waals surface area contributed by atoms with Crippen LogP contribution in [0.5, 0.6) is 0 Å². The Labute approximate surface area is 111 Å². The largest absolute Gasteiger partial charge is 0.282 e. The minimum atomic E-state index is 0.719. The zero-order chi connectivity index (χ0) is 12.3. The molecule has 1 aromatic heterocycles. The maximum Gasteiger partial charge on any atom is 0.0568 e. The molecule has 2 rings (SSSR count). The summed E-state index contributed by atoms with van der Waals surface area (Å²) < 4.78 is 1.11. The van der Waals surface area contributed by atoms with Gasteiger partial charge in [0, 0.05) is 15.7 Å². The van der Waals surface area contributed by atoms with Crippen LogP contribution in [-0.4, -0.2) is 10.2 Å². The molecule has 3 heteroatoms. The number of aryl methyl sites for hydroxylation is 1. The standard InChI is InChI=1S/C14H17BrN2/c1-10(2)3-8-14-13(9-16-17-14)11-4-6-12(15)7-5-11/h4-7,9-10H,3,8H2,1-2H3,(H,16,17). The van der Waals surface area contributed by atoms with Gasteiger partial charge in [-0.15, -0.1) is 0 Å². The summed E-state index contributed by atoms with van der Waals surface area (Å²) in [4.78, 5) is 0. The molecule has 1 N–H and O–H groups in total. The Hall–Kier alpha value is -1.09. The Balaban J connectivity index is 2.21. The molecule has 0 atom stereocenters. The molecule has 0 amide bonds. The van der Waals surface area contributed by atoms with E-state index in [9.17, 15) is 0 Å². The second kappa shape index (κ2) is 5.50. The summed E-state index contributed by atoms with van der Waals surface area (Å²) >= 11 is 3.45. The molecule has 0 saturated carbocycles. The highest BCUT2D eigenvalue weighted by atomic mass is 79.9. The summed E-state index contributed by atoms with van der Waals surface area (Å²) in [7, 11) is 0. The Morgan fingerprint density at radius 3 is 2.59 bits per heavy atom. The third-order valence-electron chi connectivity index (χ3n) is 2.85. The molecule has 0 aliphatic heterocycles. The van der Waals surface area contributed by atoms with Gasteiger partial charge < -0.3 is 0 Å². The molecule has 0 saturated heterocycles. The monoisotopic (exact) mass is 292 g/mol. The third kappa shape index (κ3) is 3.19. The first-order chi connectivity index (χ1) is 8.16. The average Bonchev–Trinajstić information content (AvgIpc) is 2.75. The lowest BCUT2D eigenvalue weighted by atomic mass is 10.0. The van der Waals surface area contributed by atoms with E-state index in [1.807, 2.05) is 6.20 Å². The third-order valence-corrected chi connectivity index (χ3v) is 3.37. The first kappa shape index (κ1) is 12.4. The molecule has 0 spiro atoms. The fraction of sp³-hybridized carbons (Fsp3) is 0.357. The summed E-state index contributed by atoms with van der Waals surface area (Å²) in [6, 6.07) is 8.37. The molecular weight excluding hydrogens is 276 g/mol. The molecule has 0 fully saturated rings. The lowest BCUT2D eigenvalue weighted by molar-refractivity contribution is 0.581. The van der Waals surface area contributed by atoms with Crippen molar-refractivity contribution in [1.29, 1.82) is 0 Å². The highest BCUT2D eigenvalue weighted by Gasteiger charge is 2.08. The zero-order valence-electron chi connectivity index (χ0n) is 10.2. The highest BCUT2D eigenvalue weighted by molar-refractivity contribution is 9.10. The van der Waals surface area contributed by atoms with Gasteiger partial charge in [-0.1, -0.05) is 41.9 Å². The van der Waals surface area contributed by atoms with Crippen molar-refractivity contribution in [2.75, 3.05) is 0 Å². The van der Waals surface area contributed by atoms with Crippen LogP contribution in [0.2, 0.25) is 0 Å². The van der Waals surface area contributed by atoms with Crippen molar-refractivity contribution >= 4 is 15.9 Å². The van der Waals surface area contributed by atoms with Gasteiger partial charge in [0.1, 0.15) is 0 Å². The highest BCUT2D eigenvalue weighted by Crippen LogP contribution is 2.25. The van der Waals surface area contributed by atoms with Crippen molar-refractivity contribution in [1.82, 2.24) is 10.2 Å². The number of nitrogens with one attached hydrogen (secondary N) is 1.